The van der Waals surface area contributed by atoms with Crippen molar-refractivity contribution in [3.63, 3.8) is 0 Å². The van der Waals surface area contributed by atoms with Crippen molar-refractivity contribution in [3.05, 3.63) is 71.3 Å². The van der Waals surface area contributed by atoms with Crippen molar-refractivity contribution >= 4 is 11.9 Å². The molecule has 27 heavy (non-hydrogen) atoms. The maximum absolute atomic E-state index is 12.8. The first kappa shape index (κ1) is 18.9. The second kappa shape index (κ2) is 6.70. The molecule has 2 aromatic carbocycles. The van der Waals surface area contributed by atoms with Gasteiger partial charge in [0.1, 0.15) is 5.54 Å². The standard InChI is InChI=1S/C19H17F3N2O3/c1-18(13-5-3-2-4-6-13)16(26)24(17(27)23-18)11-15(25)12-7-9-14(10-8-12)19(20,21)22/h2-10,15,25H,11H2,1H3,(H,23,27). The molecule has 3 rings (SSSR count). The number of urea groups is 1. The van der Waals surface area contributed by atoms with Crippen LogP contribution in [0.2, 0.25) is 0 Å². The molecule has 8 heteroatoms. The SMILES string of the molecule is CC1(c2ccccc2)NC(=O)N(CC(O)c2ccc(C(F)(F)F)cc2)C1=O. The molecule has 0 aliphatic carbocycles. The number of nitrogens with zero attached hydrogens (tertiary/aromatic N) is 1. The Labute approximate surface area is 153 Å². The van der Waals surface area contributed by atoms with Crippen LogP contribution in [0.1, 0.15) is 29.7 Å². The van der Waals surface area contributed by atoms with E-state index in [1.54, 1.807) is 37.3 Å². The molecule has 2 unspecified atom stereocenters. The Kier molecular flexibility index (Phi) is 4.69. The molecule has 1 fully saturated rings. The van der Waals surface area contributed by atoms with Crippen LogP contribution < -0.4 is 5.32 Å². The van der Waals surface area contributed by atoms with E-state index in [1.807, 2.05) is 0 Å². The molecule has 5 nitrogen and oxygen atoms in total. The predicted octanol–water partition coefficient (Wildman–Crippen LogP) is 3.21. The molecule has 1 aliphatic rings. The highest BCUT2D eigenvalue weighted by atomic mass is 19.4. The molecule has 0 radical (unpaired) electrons. The fourth-order valence-corrected chi connectivity index (χ4v) is 3.00. The molecule has 0 saturated carbocycles. The van der Waals surface area contributed by atoms with Crippen molar-refractivity contribution in [1.29, 1.82) is 0 Å². The van der Waals surface area contributed by atoms with E-state index in [2.05, 4.69) is 5.32 Å². The second-order valence-electron chi connectivity index (χ2n) is 6.47. The number of imide groups is 1. The molecule has 2 N–H and O–H groups in total. The van der Waals surface area contributed by atoms with Gasteiger partial charge in [0, 0.05) is 0 Å². The summed E-state index contributed by atoms with van der Waals surface area (Å²) in [5, 5.41) is 12.9. The third-order valence-corrected chi connectivity index (χ3v) is 4.60. The van der Waals surface area contributed by atoms with Crippen LogP contribution >= 0.6 is 0 Å². The molecule has 1 heterocycles. The summed E-state index contributed by atoms with van der Waals surface area (Å²) in [6, 6.07) is 11.9. The number of hydrogen-bond acceptors (Lipinski definition) is 3. The Hall–Kier alpha value is -2.87. The van der Waals surface area contributed by atoms with E-state index in [0.29, 0.717) is 5.56 Å². The second-order valence-corrected chi connectivity index (χ2v) is 6.47. The lowest BCUT2D eigenvalue weighted by Gasteiger charge is -2.23. The summed E-state index contributed by atoms with van der Waals surface area (Å²) in [4.78, 5) is 25.9. The Bertz CT molecular complexity index is 853. The van der Waals surface area contributed by atoms with Crippen LogP contribution in [-0.4, -0.2) is 28.5 Å². The van der Waals surface area contributed by atoms with Gasteiger partial charge in [-0.25, -0.2) is 4.79 Å². The third-order valence-electron chi connectivity index (χ3n) is 4.60. The Morgan fingerprint density at radius 3 is 2.22 bits per heavy atom. The summed E-state index contributed by atoms with van der Waals surface area (Å²) in [6.45, 7) is 1.20. The van der Waals surface area contributed by atoms with Gasteiger partial charge in [-0.1, -0.05) is 42.5 Å². The average molecular weight is 378 g/mol. The number of rotatable bonds is 4. The van der Waals surface area contributed by atoms with Crippen LogP contribution in [0.5, 0.6) is 0 Å². The molecular formula is C19H17F3N2O3. The van der Waals surface area contributed by atoms with Crippen molar-refractivity contribution < 1.29 is 27.9 Å². The molecular weight excluding hydrogens is 361 g/mol. The minimum Gasteiger partial charge on any atom is -0.387 e. The molecule has 0 aromatic heterocycles. The van der Waals surface area contributed by atoms with E-state index in [4.69, 9.17) is 0 Å². The first-order chi connectivity index (χ1) is 12.6. The smallest absolute Gasteiger partial charge is 0.387 e. The van der Waals surface area contributed by atoms with Crippen molar-refractivity contribution in [2.24, 2.45) is 0 Å². The van der Waals surface area contributed by atoms with Gasteiger partial charge < -0.3 is 10.4 Å². The Morgan fingerprint density at radius 1 is 1.07 bits per heavy atom. The summed E-state index contributed by atoms with van der Waals surface area (Å²) in [5.41, 5.74) is -1.34. The van der Waals surface area contributed by atoms with Crippen LogP contribution in [-0.2, 0) is 16.5 Å². The first-order valence-corrected chi connectivity index (χ1v) is 8.18. The average Bonchev–Trinajstić information content (AvgIpc) is 2.86. The lowest BCUT2D eigenvalue weighted by Crippen LogP contribution is -2.41. The van der Waals surface area contributed by atoms with E-state index < -0.39 is 35.3 Å². The number of halogens is 3. The molecule has 2 atom stereocenters. The molecule has 1 saturated heterocycles. The largest absolute Gasteiger partial charge is 0.416 e. The van der Waals surface area contributed by atoms with E-state index in [1.165, 1.54) is 0 Å². The van der Waals surface area contributed by atoms with Crippen molar-refractivity contribution in [1.82, 2.24) is 10.2 Å². The number of amides is 3. The van der Waals surface area contributed by atoms with Crippen LogP contribution in [0.25, 0.3) is 0 Å². The topological polar surface area (TPSA) is 69.6 Å². The van der Waals surface area contributed by atoms with Crippen LogP contribution in [0, 0.1) is 0 Å². The number of carbonyl (C=O) groups excluding carboxylic acids is 2. The van der Waals surface area contributed by atoms with Gasteiger partial charge in [-0.05, 0) is 30.2 Å². The van der Waals surface area contributed by atoms with Crippen molar-refractivity contribution in [3.8, 4) is 0 Å². The van der Waals surface area contributed by atoms with Gasteiger partial charge in [0.15, 0.2) is 0 Å². The maximum atomic E-state index is 12.8. The summed E-state index contributed by atoms with van der Waals surface area (Å²) in [6.07, 6.45) is -5.79. The molecule has 0 bridgehead atoms. The lowest BCUT2D eigenvalue weighted by molar-refractivity contribution is -0.137. The highest BCUT2D eigenvalue weighted by Gasteiger charge is 2.49. The van der Waals surface area contributed by atoms with E-state index in [-0.39, 0.29) is 12.1 Å². The van der Waals surface area contributed by atoms with Gasteiger partial charge in [0.05, 0.1) is 18.2 Å². The van der Waals surface area contributed by atoms with E-state index >= 15 is 0 Å². The fraction of sp³-hybridized carbons (Fsp3) is 0.263. The molecule has 3 amide bonds. The lowest BCUT2D eigenvalue weighted by atomic mass is 9.92. The van der Waals surface area contributed by atoms with Gasteiger partial charge >= 0.3 is 12.2 Å². The summed E-state index contributed by atoms with van der Waals surface area (Å²) < 4.78 is 37.9. The zero-order valence-electron chi connectivity index (χ0n) is 14.3. The van der Waals surface area contributed by atoms with Crippen molar-refractivity contribution in [2.45, 2.75) is 24.7 Å². The summed E-state index contributed by atoms with van der Waals surface area (Å²) in [5.74, 6) is -0.537. The zero-order chi connectivity index (χ0) is 19.8. The van der Waals surface area contributed by atoms with Crippen LogP contribution in [0.3, 0.4) is 0 Å². The van der Waals surface area contributed by atoms with Gasteiger partial charge in [-0.3, -0.25) is 9.69 Å². The first-order valence-electron chi connectivity index (χ1n) is 8.18. The number of β-amino-alcohol motifs (C(OH)–C–C–N with tert-alkyl or cyclic N) is 1. The van der Waals surface area contributed by atoms with Crippen LogP contribution in [0.4, 0.5) is 18.0 Å². The van der Waals surface area contributed by atoms with Gasteiger partial charge in [0.25, 0.3) is 5.91 Å². The maximum Gasteiger partial charge on any atom is 0.416 e. The number of nitrogens with one attached hydrogen (secondary N) is 1. The number of hydrogen-bond donors (Lipinski definition) is 2. The molecule has 142 valence electrons. The quantitative estimate of drug-likeness (QED) is 0.803. The van der Waals surface area contributed by atoms with Gasteiger partial charge in [-0.2, -0.15) is 13.2 Å². The summed E-state index contributed by atoms with van der Waals surface area (Å²) in [7, 11) is 0. The highest BCUT2D eigenvalue weighted by molar-refractivity contribution is 6.07. The van der Waals surface area contributed by atoms with Crippen molar-refractivity contribution in [2.75, 3.05) is 6.54 Å². The number of benzene rings is 2. The van der Waals surface area contributed by atoms with E-state index in [0.717, 1.165) is 29.2 Å². The van der Waals surface area contributed by atoms with Gasteiger partial charge in [-0.15, -0.1) is 0 Å². The van der Waals surface area contributed by atoms with Gasteiger partial charge in [0.2, 0.25) is 0 Å². The number of carbonyl (C=O) groups is 2. The molecule has 0 spiro atoms. The minimum atomic E-state index is -4.48. The number of aliphatic hydroxyl groups is 1. The minimum absolute atomic E-state index is 0.178. The normalized spacial score (nSPS) is 21.3. The van der Waals surface area contributed by atoms with E-state index in [9.17, 15) is 27.9 Å². The Morgan fingerprint density at radius 2 is 1.67 bits per heavy atom. The number of alkyl halides is 3. The summed E-state index contributed by atoms with van der Waals surface area (Å²) >= 11 is 0. The molecule has 2 aromatic rings. The zero-order valence-corrected chi connectivity index (χ0v) is 14.3. The molecule has 1 aliphatic heterocycles. The number of aliphatic hydroxyl groups excluding tert-OH is 1. The highest BCUT2D eigenvalue weighted by Crippen LogP contribution is 2.32. The fourth-order valence-electron chi connectivity index (χ4n) is 3.00. The predicted molar refractivity (Wildman–Crippen MR) is 90.4 cm³/mol. The van der Waals surface area contributed by atoms with Crippen LogP contribution in [0.15, 0.2) is 54.6 Å². The Balaban J connectivity index is 1.77. The third kappa shape index (κ3) is 3.52. The monoisotopic (exact) mass is 378 g/mol.